The van der Waals surface area contributed by atoms with Crippen molar-refractivity contribution in [3.05, 3.63) is 23.4 Å². The van der Waals surface area contributed by atoms with Gasteiger partial charge in [0, 0.05) is 13.3 Å². The monoisotopic (exact) mass is 151 g/mol. The van der Waals surface area contributed by atoms with Gasteiger partial charge in [0.25, 0.3) is 0 Å². The van der Waals surface area contributed by atoms with Crippen LogP contribution in [0.3, 0.4) is 0 Å². The summed E-state index contributed by atoms with van der Waals surface area (Å²) in [6.45, 7) is 5.91. The lowest BCUT2D eigenvalue weighted by Gasteiger charge is -1.87. The zero-order valence-electron chi connectivity index (χ0n) is 7.22. The molecule has 0 aliphatic heterocycles. The first-order valence-corrected chi connectivity index (χ1v) is 3.87. The van der Waals surface area contributed by atoms with E-state index in [-0.39, 0.29) is 0 Å². The van der Waals surface area contributed by atoms with Gasteiger partial charge in [-0.25, -0.2) is 4.98 Å². The molecule has 1 rings (SSSR count). The summed E-state index contributed by atoms with van der Waals surface area (Å²) in [6.07, 6.45) is 4.84. The van der Waals surface area contributed by atoms with Gasteiger partial charge in [0.1, 0.15) is 11.5 Å². The van der Waals surface area contributed by atoms with Crippen LogP contribution in [-0.2, 0) is 6.42 Å². The summed E-state index contributed by atoms with van der Waals surface area (Å²) in [5, 5.41) is 0. The van der Waals surface area contributed by atoms with Gasteiger partial charge in [-0.1, -0.05) is 13.0 Å². The van der Waals surface area contributed by atoms with Crippen LogP contribution in [-0.4, -0.2) is 4.98 Å². The van der Waals surface area contributed by atoms with Crippen LogP contribution >= 0.6 is 0 Å². The molecule has 0 unspecified atom stereocenters. The van der Waals surface area contributed by atoms with E-state index in [0.29, 0.717) is 0 Å². The molecular formula is C9H13NO. The van der Waals surface area contributed by atoms with E-state index in [1.54, 1.807) is 0 Å². The third-order valence-corrected chi connectivity index (χ3v) is 1.48. The lowest BCUT2D eigenvalue weighted by atomic mass is 10.3. The number of nitrogens with zero attached hydrogens (tertiary/aromatic N) is 1. The van der Waals surface area contributed by atoms with E-state index >= 15 is 0 Å². The van der Waals surface area contributed by atoms with Crippen LogP contribution in [0.15, 0.2) is 10.5 Å². The Balaban J connectivity index is 3.01. The number of rotatable bonds is 2. The minimum absolute atomic E-state index is 0.745. The van der Waals surface area contributed by atoms with Gasteiger partial charge in [-0.15, -0.1) is 0 Å². The van der Waals surface area contributed by atoms with E-state index in [1.807, 2.05) is 26.0 Å². The minimum atomic E-state index is 0.745. The lowest BCUT2D eigenvalue weighted by molar-refractivity contribution is 0.479. The molecule has 0 bridgehead atoms. The third-order valence-electron chi connectivity index (χ3n) is 1.48. The van der Waals surface area contributed by atoms with Crippen molar-refractivity contribution in [1.82, 2.24) is 4.98 Å². The van der Waals surface area contributed by atoms with Crippen LogP contribution in [0, 0.1) is 6.92 Å². The molecule has 0 aromatic carbocycles. The van der Waals surface area contributed by atoms with E-state index in [2.05, 4.69) is 11.9 Å². The molecule has 2 nitrogen and oxygen atoms in total. The van der Waals surface area contributed by atoms with Gasteiger partial charge >= 0.3 is 0 Å². The number of allylic oxidation sites excluding steroid dienone is 1. The Morgan fingerprint density at radius 3 is 2.82 bits per heavy atom. The summed E-state index contributed by atoms with van der Waals surface area (Å²) >= 11 is 0. The summed E-state index contributed by atoms with van der Waals surface area (Å²) in [5.41, 5.74) is 0.965. The average molecular weight is 151 g/mol. The Morgan fingerprint density at radius 2 is 2.27 bits per heavy atom. The number of oxazole rings is 1. The molecule has 0 aliphatic carbocycles. The summed E-state index contributed by atoms with van der Waals surface area (Å²) in [5.74, 6) is 1.72. The second-order valence-electron chi connectivity index (χ2n) is 2.39. The molecule has 0 amide bonds. The van der Waals surface area contributed by atoms with Gasteiger partial charge in [-0.05, 0) is 13.0 Å². The van der Waals surface area contributed by atoms with Crippen molar-refractivity contribution < 1.29 is 4.42 Å². The molecule has 0 saturated heterocycles. The van der Waals surface area contributed by atoms with Crippen LogP contribution in [0.25, 0.3) is 6.08 Å². The first kappa shape index (κ1) is 8.05. The van der Waals surface area contributed by atoms with Crippen LogP contribution in [0.2, 0.25) is 0 Å². The van der Waals surface area contributed by atoms with E-state index in [4.69, 9.17) is 4.42 Å². The minimum Gasteiger partial charge on any atom is -0.445 e. The number of hydrogen-bond acceptors (Lipinski definition) is 2. The SMILES string of the molecule is C/C=C\c1nc(C)oc1CC. The molecule has 0 aliphatic rings. The summed E-state index contributed by atoms with van der Waals surface area (Å²) in [4.78, 5) is 4.22. The highest BCUT2D eigenvalue weighted by Gasteiger charge is 2.04. The van der Waals surface area contributed by atoms with Crippen molar-refractivity contribution in [1.29, 1.82) is 0 Å². The zero-order valence-corrected chi connectivity index (χ0v) is 7.22. The molecule has 0 N–H and O–H groups in total. The smallest absolute Gasteiger partial charge is 0.191 e. The first-order chi connectivity index (χ1) is 5.27. The average Bonchev–Trinajstić information content (AvgIpc) is 2.32. The van der Waals surface area contributed by atoms with Gasteiger partial charge in [-0.2, -0.15) is 0 Å². The number of hydrogen-bond donors (Lipinski definition) is 0. The van der Waals surface area contributed by atoms with Gasteiger partial charge in [-0.3, -0.25) is 0 Å². The Hall–Kier alpha value is -1.05. The van der Waals surface area contributed by atoms with E-state index < -0.39 is 0 Å². The molecule has 2 heteroatoms. The third kappa shape index (κ3) is 1.70. The Morgan fingerprint density at radius 1 is 1.55 bits per heavy atom. The first-order valence-electron chi connectivity index (χ1n) is 3.87. The summed E-state index contributed by atoms with van der Waals surface area (Å²) in [6, 6.07) is 0. The van der Waals surface area contributed by atoms with Crippen molar-refractivity contribution in [2.75, 3.05) is 0 Å². The van der Waals surface area contributed by atoms with Gasteiger partial charge in [0.05, 0.1) is 0 Å². The Kier molecular flexibility index (Phi) is 2.47. The lowest BCUT2D eigenvalue weighted by Crippen LogP contribution is -1.79. The Labute approximate surface area is 66.9 Å². The second kappa shape index (κ2) is 3.37. The molecule has 1 heterocycles. The molecule has 0 radical (unpaired) electrons. The van der Waals surface area contributed by atoms with Crippen molar-refractivity contribution in [2.24, 2.45) is 0 Å². The molecule has 0 saturated carbocycles. The number of aromatic nitrogens is 1. The quantitative estimate of drug-likeness (QED) is 0.649. The normalized spacial score (nSPS) is 11.2. The van der Waals surface area contributed by atoms with Crippen LogP contribution in [0.1, 0.15) is 31.2 Å². The molecule has 0 spiro atoms. The van der Waals surface area contributed by atoms with Crippen molar-refractivity contribution >= 4 is 6.08 Å². The van der Waals surface area contributed by atoms with Gasteiger partial charge in [0.15, 0.2) is 5.89 Å². The van der Waals surface area contributed by atoms with Crippen molar-refractivity contribution in [3.8, 4) is 0 Å². The highest BCUT2D eigenvalue weighted by molar-refractivity contribution is 5.46. The fraction of sp³-hybridized carbons (Fsp3) is 0.444. The van der Waals surface area contributed by atoms with Crippen molar-refractivity contribution in [3.63, 3.8) is 0 Å². The van der Waals surface area contributed by atoms with Crippen LogP contribution < -0.4 is 0 Å². The molecule has 0 atom stereocenters. The molecule has 1 aromatic rings. The van der Waals surface area contributed by atoms with E-state index in [0.717, 1.165) is 23.8 Å². The molecule has 60 valence electrons. The number of aryl methyl sites for hydroxylation is 2. The largest absolute Gasteiger partial charge is 0.445 e. The molecule has 11 heavy (non-hydrogen) atoms. The van der Waals surface area contributed by atoms with Crippen LogP contribution in [0.5, 0.6) is 0 Å². The fourth-order valence-corrected chi connectivity index (χ4v) is 1.03. The van der Waals surface area contributed by atoms with Crippen molar-refractivity contribution in [2.45, 2.75) is 27.2 Å². The standard InChI is InChI=1S/C9H13NO/c1-4-6-8-9(5-2)11-7(3)10-8/h4,6H,5H2,1-3H3/b6-4-. The summed E-state index contributed by atoms with van der Waals surface area (Å²) in [7, 11) is 0. The predicted molar refractivity (Wildman–Crippen MR) is 45.3 cm³/mol. The van der Waals surface area contributed by atoms with E-state index in [9.17, 15) is 0 Å². The highest BCUT2D eigenvalue weighted by Crippen LogP contribution is 2.12. The maximum atomic E-state index is 5.35. The summed E-state index contributed by atoms with van der Waals surface area (Å²) < 4.78 is 5.35. The Bertz CT molecular complexity index is 261. The molecule has 1 aromatic heterocycles. The maximum absolute atomic E-state index is 5.35. The topological polar surface area (TPSA) is 26.0 Å². The molecule has 0 fully saturated rings. The maximum Gasteiger partial charge on any atom is 0.191 e. The van der Waals surface area contributed by atoms with Gasteiger partial charge in [0.2, 0.25) is 0 Å². The van der Waals surface area contributed by atoms with E-state index in [1.165, 1.54) is 0 Å². The second-order valence-corrected chi connectivity index (χ2v) is 2.39. The fourth-order valence-electron chi connectivity index (χ4n) is 1.03. The predicted octanol–water partition coefficient (Wildman–Crippen LogP) is 2.58. The van der Waals surface area contributed by atoms with Gasteiger partial charge < -0.3 is 4.42 Å². The highest BCUT2D eigenvalue weighted by atomic mass is 16.4. The van der Waals surface area contributed by atoms with Crippen LogP contribution in [0.4, 0.5) is 0 Å². The molecular weight excluding hydrogens is 138 g/mol. The zero-order chi connectivity index (χ0) is 8.27.